The van der Waals surface area contributed by atoms with Gasteiger partial charge >= 0.3 is 0 Å². The summed E-state index contributed by atoms with van der Waals surface area (Å²) in [7, 11) is 1.63. The minimum Gasteiger partial charge on any atom is -0.494 e. The molecule has 0 aliphatic rings. The fourth-order valence-corrected chi connectivity index (χ4v) is 5.19. The maximum absolute atomic E-state index is 13.1. The number of fused-ring (bicyclic) bond motifs is 1. The standard InChI is InChI=1S/C21H24FN3O4S2/c1-24(2)12-13-25(21-23-20-17(29-3)5-4-6-18(20)30-21)19(26)11-14-31(27,28)16-9-7-15(22)8-10-16/h4-10H,11-14H2,1-3H3. The number of ether oxygens (including phenoxy) is 1. The van der Waals surface area contributed by atoms with Crippen LogP contribution in [0, 0.1) is 5.82 Å². The van der Waals surface area contributed by atoms with Gasteiger partial charge in [0.1, 0.15) is 17.1 Å². The molecule has 1 heterocycles. The van der Waals surface area contributed by atoms with Crippen LogP contribution in [-0.2, 0) is 14.6 Å². The van der Waals surface area contributed by atoms with Crippen LogP contribution in [0.2, 0.25) is 0 Å². The molecule has 0 radical (unpaired) electrons. The molecule has 0 bridgehead atoms. The summed E-state index contributed by atoms with van der Waals surface area (Å²) in [5.41, 5.74) is 0.659. The molecule has 0 spiro atoms. The van der Waals surface area contributed by atoms with E-state index in [4.69, 9.17) is 4.74 Å². The lowest BCUT2D eigenvalue weighted by Crippen LogP contribution is -2.37. The van der Waals surface area contributed by atoms with Crippen molar-refractivity contribution in [3.8, 4) is 5.75 Å². The number of para-hydroxylation sites is 1. The molecule has 0 saturated heterocycles. The summed E-state index contributed by atoms with van der Waals surface area (Å²) in [5, 5.41) is 0.491. The van der Waals surface area contributed by atoms with E-state index in [0.29, 0.717) is 29.5 Å². The maximum Gasteiger partial charge on any atom is 0.229 e. The van der Waals surface area contributed by atoms with Crippen LogP contribution in [0.5, 0.6) is 5.75 Å². The Bertz CT molecular complexity index is 1160. The number of carbonyl (C=O) groups excluding carboxylic acids is 1. The number of rotatable bonds is 9. The largest absolute Gasteiger partial charge is 0.494 e. The number of methoxy groups -OCH3 is 1. The number of likely N-dealkylation sites (N-methyl/N-ethyl adjacent to an activating group) is 1. The van der Waals surface area contributed by atoms with Gasteiger partial charge in [0.2, 0.25) is 5.91 Å². The van der Waals surface area contributed by atoms with Crippen molar-refractivity contribution in [3.63, 3.8) is 0 Å². The lowest BCUT2D eigenvalue weighted by molar-refractivity contribution is -0.118. The molecular formula is C21H24FN3O4S2. The van der Waals surface area contributed by atoms with Crippen LogP contribution < -0.4 is 9.64 Å². The van der Waals surface area contributed by atoms with Gasteiger partial charge in [0.05, 0.1) is 22.5 Å². The Balaban J connectivity index is 1.83. The van der Waals surface area contributed by atoms with Crippen molar-refractivity contribution in [2.24, 2.45) is 0 Å². The summed E-state index contributed by atoms with van der Waals surface area (Å²) in [6.07, 6.45) is -0.208. The molecule has 31 heavy (non-hydrogen) atoms. The number of carbonyl (C=O) groups is 1. The summed E-state index contributed by atoms with van der Waals surface area (Å²) in [4.78, 5) is 21.1. The van der Waals surface area contributed by atoms with Gasteiger partial charge in [0.25, 0.3) is 0 Å². The van der Waals surface area contributed by atoms with Crippen molar-refractivity contribution < 1.29 is 22.3 Å². The Hall–Kier alpha value is -2.56. The van der Waals surface area contributed by atoms with Crippen molar-refractivity contribution in [1.29, 1.82) is 0 Å². The first kappa shape index (κ1) is 23.1. The molecule has 0 atom stereocenters. The van der Waals surface area contributed by atoms with E-state index in [2.05, 4.69) is 4.98 Å². The zero-order chi connectivity index (χ0) is 22.6. The van der Waals surface area contributed by atoms with E-state index in [1.165, 1.54) is 28.4 Å². The normalized spacial score (nSPS) is 11.8. The number of halogens is 1. The third kappa shape index (κ3) is 5.57. The van der Waals surface area contributed by atoms with Gasteiger partial charge in [-0.2, -0.15) is 0 Å². The first-order valence-electron chi connectivity index (χ1n) is 9.58. The molecule has 3 aromatic rings. The third-order valence-corrected chi connectivity index (χ3v) is 7.43. The molecule has 0 N–H and O–H groups in total. The number of hydrogen-bond acceptors (Lipinski definition) is 7. The molecule has 2 aromatic carbocycles. The highest BCUT2D eigenvalue weighted by Crippen LogP contribution is 2.34. The van der Waals surface area contributed by atoms with E-state index in [1.807, 2.05) is 31.1 Å². The number of benzene rings is 2. The van der Waals surface area contributed by atoms with Crippen LogP contribution in [0.3, 0.4) is 0 Å². The van der Waals surface area contributed by atoms with Crippen LogP contribution >= 0.6 is 11.3 Å². The molecule has 0 fully saturated rings. The molecule has 7 nitrogen and oxygen atoms in total. The van der Waals surface area contributed by atoms with Crippen molar-refractivity contribution in [2.45, 2.75) is 11.3 Å². The summed E-state index contributed by atoms with van der Waals surface area (Å²) in [6.45, 7) is 0.952. The van der Waals surface area contributed by atoms with E-state index in [1.54, 1.807) is 13.2 Å². The van der Waals surface area contributed by atoms with Gasteiger partial charge < -0.3 is 9.64 Å². The lowest BCUT2D eigenvalue weighted by Gasteiger charge is -2.22. The first-order chi connectivity index (χ1) is 14.7. The van der Waals surface area contributed by atoms with Crippen LogP contribution in [0.25, 0.3) is 10.2 Å². The van der Waals surface area contributed by atoms with Crippen LogP contribution in [-0.4, -0.2) is 64.3 Å². The molecule has 0 aliphatic heterocycles. The second kappa shape index (κ2) is 9.71. The maximum atomic E-state index is 13.1. The van der Waals surface area contributed by atoms with Crippen LogP contribution in [0.15, 0.2) is 47.4 Å². The van der Waals surface area contributed by atoms with E-state index < -0.39 is 15.7 Å². The minimum atomic E-state index is -3.72. The first-order valence-corrected chi connectivity index (χ1v) is 12.0. The van der Waals surface area contributed by atoms with E-state index in [0.717, 1.165) is 16.8 Å². The number of hydrogen-bond donors (Lipinski definition) is 0. The highest BCUT2D eigenvalue weighted by molar-refractivity contribution is 7.91. The zero-order valence-electron chi connectivity index (χ0n) is 17.5. The molecule has 0 saturated carbocycles. The second-order valence-electron chi connectivity index (χ2n) is 7.17. The number of thiazole rings is 1. The zero-order valence-corrected chi connectivity index (χ0v) is 19.2. The van der Waals surface area contributed by atoms with Crippen LogP contribution in [0.1, 0.15) is 6.42 Å². The highest BCUT2D eigenvalue weighted by Gasteiger charge is 2.24. The van der Waals surface area contributed by atoms with Gasteiger partial charge in [-0.05, 0) is 50.5 Å². The second-order valence-corrected chi connectivity index (χ2v) is 10.3. The molecule has 1 amide bonds. The highest BCUT2D eigenvalue weighted by atomic mass is 32.2. The van der Waals surface area contributed by atoms with Gasteiger partial charge in [-0.1, -0.05) is 17.4 Å². The third-order valence-electron chi connectivity index (χ3n) is 4.65. The fraction of sp³-hybridized carbons (Fsp3) is 0.333. The summed E-state index contributed by atoms with van der Waals surface area (Å²) >= 11 is 1.35. The minimum absolute atomic E-state index is 0.00809. The number of nitrogens with zero attached hydrogens (tertiary/aromatic N) is 3. The molecule has 3 rings (SSSR count). The van der Waals surface area contributed by atoms with Crippen molar-refractivity contribution in [3.05, 3.63) is 48.3 Å². The Morgan fingerprint density at radius 2 is 1.84 bits per heavy atom. The molecule has 0 unspecified atom stereocenters. The molecule has 0 aliphatic carbocycles. The summed E-state index contributed by atoms with van der Waals surface area (Å²) in [6, 6.07) is 10.1. The quantitative estimate of drug-likeness (QED) is 0.452. The lowest BCUT2D eigenvalue weighted by atomic mass is 10.3. The van der Waals surface area contributed by atoms with Crippen molar-refractivity contribution in [2.75, 3.05) is 44.9 Å². The van der Waals surface area contributed by atoms with Gasteiger partial charge in [-0.3, -0.25) is 9.69 Å². The van der Waals surface area contributed by atoms with Crippen molar-refractivity contribution in [1.82, 2.24) is 9.88 Å². The van der Waals surface area contributed by atoms with Gasteiger partial charge in [-0.15, -0.1) is 0 Å². The summed E-state index contributed by atoms with van der Waals surface area (Å²) in [5.74, 6) is -0.620. The predicted octanol–water partition coefficient (Wildman–Crippen LogP) is 3.20. The Kier molecular flexibility index (Phi) is 7.24. The topological polar surface area (TPSA) is 79.8 Å². The molecule has 166 valence electrons. The summed E-state index contributed by atoms with van der Waals surface area (Å²) < 4.78 is 44.5. The fourth-order valence-electron chi connectivity index (χ4n) is 2.94. The monoisotopic (exact) mass is 465 g/mol. The number of anilines is 1. The Morgan fingerprint density at radius 1 is 1.13 bits per heavy atom. The van der Waals surface area contributed by atoms with Gasteiger partial charge in [-0.25, -0.2) is 17.8 Å². The predicted molar refractivity (Wildman–Crippen MR) is 120 cm³/mol. The van der Waals surface area contributed by atoms with Gasteiger partial charge in [0, 0.05) is 19.5 Å². The average molecular weight is 466 g/mol. The molecule has 10 heteroatoms. The van der Waals surface area contributed by atoms with E-state index >= 15 is 0 Å². The number of aromatic nitrogens is 1. The number of sulfone groups is 1. The van der Waals surface area contributed by atoms with Gasteiger partial charge in [0.15, 0.2) is 15.0 Å². The van der Waals surface area contributed by atoms with Crippen LogP contribution in [0.4, 0.5) is 9.52 Å². The number of amides is 1. The van der Waals surface area contributed by atoms with E-state index in [9.17, 15) is 17.6 Å². The van der Waals surface area contributed by atoms with Crippen molar-refractivity contribution >= 4 is 42.4 Å². The molecular weight excluding hydrogens is 441 g/mol. The SMILES string of the molecule is COc1cccc2sc(N(CCN(C)C)C(=O)CCS(=O)(=O)c3ccc(F)cc3)nc12. The van der Waals surface area contributed by atoms with E-state index in [-0.39, 0.29) is 23.0 Å². The average Bonchev–Trinajstić information content (AvgIpc) is 3.16. The Labute approximate surface area is 185 Å². The molecule has 1 aromatic heterocycles. The smallest absolute Gasteiger partial charge is 0.229 e. The Morgan fingerprint density at radius 3 is 2.48 bits per heavy atom.